The van der Waals surface area contributed by atoms with Crippen molar-refractivity contribution in [3.8, 4) is 0 Å². The van der Waals surface area contributed by atoms with Crippen molar-refractivity contribution in [1.29, 1.82) is 0 Å². The molecule has 6 nitrogen and oxygen atoms in total. The Balaban J connectivity index is 1.53. The Hall–Kier alpha value is -3.54. The summed E-state index contributed by atoms with van der Waals surface area (Å²) in [5.41, 5.74) is 4.99. The van der Waals surface area contributed by atoms with Crippen LogP contribution in [0.5, 0.6) is 0 Å². The van der Waals surface area contributed by atoms with Crippen molar-refractivity contribution in [2.24, 2.45) is 4.99 Å². The summed E-state index contributed by atoms with van der Waals surface area (Å²) < 4.78 is 0. The minimum atomic E-state index is -0.208. The monoisotopic (exact) mass is 343 g/mol. The van der Waals surface area contributed by atoms with Gasteiger partial charge in [0.05, 0.1) is 6.54 Å². The Labute approximate surface area is 151 Å². The van der Waals surface area contributed by atoms with Crippen molar-refractivity contribution in [2.75, 3.05) is 10.6 Å². The third kappa shape index (κ3) is 3.30. The summed E-state index contributed by atoms with van der Waals surface area (Å²) in [4.78, 5) is 24.9. The average Bonchev–Trinajstić information content (AvgIpc) is 3.10. The maximum absolute atomic E-state index is 12.3. The van der Waals surface area contributed by atoms with E-state index in [1.807, 2.05) is 31.3 Å². The predicted molar refractivity (Wildman–Crippen MR) is 102 cm³/mol. The minimum Gasteiger partial charge on any atom is -0.340 e. The average molecular weight is 343 g/mol. The van der Waals surface area contributed by atoms with E-state index in [1.165, 1.54) is 11.9 Å². The van der Waals surface area contributed by atoms with E-state index in [0.29, 0.717) is 17.2 Å². The Kier molecular flexibility index (Phi) is 4.15. The van der Waals surface area contributed by atoms with Gasteiger partial charge >= 0.3 is 0 Å². The molecule has 0 bridgehead atoms. The van der Waals surface area contributed by atoms with Gasteiger partial charge in [0.25, 0.3) is 5.91 Å². The van der Waals surface area contributed by atoms with Gasteiger partial charge in [0.2, 0.25) is 0 Å². The fraction of sp³-hybridized carbons (Fsp3) is 0.100. The molecule has 0 fully saturated rings. The normalized spacial score (nSPS) is 11.9. The second-order valence-electron chi connectivity index (χ2n) is 6.07. The van der Waals surface area contributed by atoms with Crippen LogP contribution in [0, 0.1) is 6.92 Å². The molecule has 3 aromatic rings. The van der Waals surface area contributed by atoms with Crippen molar-refractivity contribution in [1.82, 2.24) is 9.97 Å². The smallest absolute Gasteiger partial charge is 0.256 e. The summed E-state index contributed by atoms with van der Waals surface area (Å²) in [7, 11) is 0. The highest BCUT2D eigenvalue weighted by Crippen LogP contribution is 2.26. The molecule has 0 saturated carbocycles. The Morgan fingerprint density at radius 1 is 1.04 bits per heavy atom. The molecule has 2 aromatic carbocycles. The van der Waals surface area contributed by atoms with Gasteiger partial charge in [0, 0.05) is 23.5 Å². The van der Waals surface area contributed by atoms with Crippen molar-refractivity contribution >= 4 is 29.4 Å². The van der Waals surface area contributed by atoms with Gasteiger partial charge in [-0.1, -0.05) is 24.3 Å². The number of nitrogens with one attached hydrogen (secondary N) is 2. The van der Waals surface area contributed by atoms with Crippen molar-refractivity contribution in [3.05, 3.63) is 77.1 Å². The van der Waals surface area contributed by atoms with Gasteiger partial charge < -0.3 is 10.6 Å². The molecule has 0 aliphatic carbocycles. The number of aryl methyl sites for hydroxylation is 1. The molecule has 1 aliphatic heterocycles. The number of hydrogen-bond acceptors (Lipinski definition) is 5. The number of rotatable bonds is 4. The highest BCUT2D eigenvalue weighted by molar-refractivity contribution is 6.03. The van der Waals surface area contributed by atoms with E-state index >= 15 is 0 Å². The molecule has 128 valence electrons. The van der Waals surface area contributed by atoms with Crippen LogP contribution in [-0.4, -0.2) is 22.1 Å². The number of carbonyl (C=O) groups excluding carboxylic acids is 1. The first kappa shape index (κ1) is 16.0. The molecule has 1 aliphatic rings. The van der Waals surface area contributed by atoms with Gasteiger partial charge in [-0.25, -0.2) is 9.97 Å². The quantitative estimate of drug-likeness (QED) is 0.757. The number of benzene rings is 2. The third-order valence-electron chi connectivity index (χ3n) is 4.19. The van der Waals surface area contributed by atoms with E-state index in [-0.39, 0.29) is 5.91 Å². The van der Waals surface area contributed by atoms with E-state index < -0.39 is 0 Å². The number of nitrogens with zero attached hydrogens (tertiary/aromatic N) is 3. The summed E-state index contributed by atoms with van der Waals surface area (Å²) in [5.74, 6) is 0.846. The zero-order chi connectivity index (χ0) is 17.9. The van der Waals surface area contributed by atoms with E-state index in [1.54, 1.807) is 18.2 Å². The summed E-state index contributed by atoms with van der Waals surface area (Å²) in [6, 6.07) is 14.9. The highest BCUT2D eigenvalue weighted by atomic mass is 16.1. The van der Waals surface area contributed by atoms with Gasteiger partial charge in [-0.05, 0) is 41.8 Å². The van der Waals surface area contributed by atoms with Crippen LogP contribution < -0.4 is 10.6 Å². The lowest BCUT2D eigenvalue weighted by Crippen LogP contribution is -2.13. The number of hydrogen-bond donors (Lipinski definition) is 2. The van der Waals surface area contributed by atoms with Crippen LogP contribution in [0.3, 0.4) is 0 Å². The van der Waals surface area contributed by atoms with Crippen LogP contribution in [0.1, 0.15) is 27.0 Å². The largest absolute Gasteiger partial charge is 0.340 e. The molecule has 0 atom stereocenters. The first-order chi connectivity index (χ1) is 12.7. The summed E-state index contributed by atoms with van der Waals surface area (Å²) >= 11 is 0. The Morgan fingerprint density at radius 2 is 1.85 bits per heavy atom. The van der Waals surface area contributed by atoms with Crippen LogP contribution in [-0.2, 0) is 6.54 Å². The van der Waals surface area contributed by atoms with E-state index in [0.717, 1.165) is 23.4 Å². The molecular formula is C20H17N5O. The van der Waals surface area contributed by atoms with Crippen LogP contribution >= 0.6 is 0 Å². The molecule has 2 heterocycles. The number of aliphatic imine (C=N–C) groups is 1. The molecule has 0 saturated heterocycles. The van der Waals surface area contributed by atoms with Crippen molar-refractivity contribution < 1.29 is 4.79 Å². The number of amides is 1. The number of fused-ring (bicyclic) bond motifs is 1. The molecule has 0 unspecified atom stereocenters. The molecule has 1 amide bonds. The molecular weight excluding hydrogens is 326 g/mol. The second-order valence-corrected chi connectivity index (χ2v) is 6.07. The number of aromatic nitrogens is 2. The molecule has 1 aromatic heterocycles. The van der Waals surface area contributed by atoms with Gasteiger partial charge in [-0.15, -0.1) is 0 Å². The van der Waals surface area contributed by atoms with Crippen LogP contribution in [0.4, 0.5) is 17.3 Å². The molecule has 6 heteroatoms. The second kappa shape index (κ2) is 6.76. The zero-order valence-corrected chi connectivity index (χ0v) is 14.2. The first-order valence-electron chi connectivity index (χ1n) is 8.28. The van der Waals surface area contributed by atoms with Crippen molar-refractivity contribution in [2.45, 2.75) is 13.5 Å². The van der Waals surface area contributed by atoms with Crippen LogP contribution in [0.25, 0.3) is 0 Å². The van der Waals surface area contributed by atoms with Gasteiger partial charge in [-0.3, -0.25) is 9.79 Å². The standard InChI is InChI=1S/C20H17N5O/c1-13-7-15-10-21-11-16(15)8-17(13)24-18-9-19(23-12-22-18)25-20(26)14-5-3-2-4-6-14/h2-9,11-12H,10H2,1H3,(H2,22,23,24,25,26). The topological polar surface area (TPSA) is 79.3 Å². The third-order valence-corrected chi connectivity index (χ3v) is 4.19. The Bertz CT molecular complexity index is 998. The highest BCUT2D eigenvalue weighted by Gasteiger charge is 2.11. The van der Waals surface area contributed by atoms with Crippen LogP contribution in [0.15, 0.2) is 59.9 Å². The van der Waals surface area contributed by atoms with E-state index in [4.69, 9.17) is 0 Å². The molecule has 0 radical (unpaired) electrons. The number of carbonyl (C=O) groups is 1. The zero-order valence-electron chi connectivity index (χ0n) is 14.2. The summed E-state index contributed by atoms with van der Waals surface area (Å²) in [5, 5.41) is 6.08. The lowest BCUT2D eigenvalue weighted by molar-refractivity contribution is 0.102. The van der Waals surface area contributed by atoms with Gasteiger partial charge in [0.1, 0.15) is 18.0 Å². The minimum absolute atomic E-state index is 0.208. The predicted octanol–water partition coefficient (Wildman–Crippen LogP) is 3.71. The van der Waals surface area contributed by atoms with E-state index in [2.05, 4.69) is 37.7 Å². The fourth-order valence-electron chi connectivity index (χ4n) is 2.83. The lowest BCUT2D eigenvalue weighted by Gasteiger charge is -2.12. The maximum atomic E-state index is 12.3. The SMILES string of the molecule is Cc1cc2c(cc1Nc1cc(NC(=O)c3ccccc3)ncn1)C=NC2. The van der Waals surface area contributed by atoms with Crippen LogP contribution in [0.2, 0.25) is 0 Å². The van der Waals surface area contributed by atoms with Gasteiger partial charge in [-0.2, -0.15) is 0 Å². The molecule has 0 spiro atoms. The molecule has 4 rings (SSSR count). The first-order valence-corrected chi connectivity index (χ1v) is 8.28. The van der Waals surface area contributed by atoms with E-state index in [9.17, 15) is 4.79 Å². The Morgan fingerprint density at radius 3 is 2.69 bits per heavy atom. The maximum Gasteiger partial charge on any atom is 0.256 e. The lowest BCUT2D eigenvalue weighted by atomic mass is 10.0. The van der Waals surface area contributed by atoms with Crippen molar-refractivity contribution in [3.63, 3.8) is 0 Å². The van der Waals surface area contributed by atoms with Gasteiger partial charge in [0.15, 0.2) is 0 Å². The fourth-order valence-corrected chi connectivity index (χ4v) is 2.83. The number of anilines is 3. The summed E-state index contributed by atoms with van der Waals surface area (Å²) in [6.07, 6.45) is 3.30. The molecule has 2 N–H and O–H groups in total. The summed E-state index contributed by atoms with van der Waals surface area (Å²) in [6.45, 7) is 2.78. The molecule has 26 heavy (non-hydrogen) atoms.